The number of hydrogen-bond donors (Lipinski definition) is 4. The maximum Gasteiger partial charge on any atom is 0.475 e. The highest BCUT2D eigenvalue weighted by molar-refractivity contribution is 6.43. The molecule has 1 heterocycles. The molecule has 0 bridgehead atoms. The number of carbonyl (C=O) groups excluding carboxylic acids is 2. The first-order valence-corrected chi connectivity index (χ1v) is 10.1. The third kappa shape index (κ3) is 6.76. The Morgan fingerprint density at radius 2 is 1.80 bits per heavy atom. The molecule has 0 unspecified atom stereocenters. The molecular formula is C22H29BN2O5. The van der Waals surface area contributed by atoms with E-state index in [9.17, 15) is 24.7 Å². The Labute approximate surface area is 177 Å². The molecule has 0 radical (unpaired) electrons. The van der Waals surface area contributed by atoms with E-state index in [0.29, 0.717) is 12.0 Å². The van der Waals surface area contributed by atoms with Crippen LogP contribution in [0, 0.1) is 11.8 Å². The predicted octanol–water partition coefficient (Wildman–Crippen LogP) is 1.86. The van der Waals surface area contributed by atoms with Crippen molar-refractivity contribution in [3.8, 4) is 11.1 Å². The van der Waals surface area contributed by atoms with Crippen molar-refractivity contribution in [1.82, 2.24) is 10.3 Å². The highest BCUT2D eigenvalue weighted by Gasteiger charge is 2.32. The molecule has 30 heavy (non-hydrogen) atoms. The van der Waals surface area contributed by atoms with Gasteiger partial charge in [0.1, 0.15) is 0 Å². The third-order valence-electron chi connectivity index (χ3n) is 4.92. The van der Waals surface area contributed by atoms with E-state index in [0.717, 1.165) is 11.1 Å². The number of hydrogen-bond acceptors (Lipinski definition) is 6. The molecule has 0 fully saturated rings. The Balaban J connectivity index is 2.14. The van der Waals surface area contributed by atoms with E-state index in [-0.39, 0.29) is 18.1 Å². The van der Waals surface area contributed by atoms with Gasteiger partial charge in [-0.3, -0.25) is 14.6 Å². The van der Waals surface area contributed by atoms with Crippen LogP contribution in [0.2, 0.25) is 0 Å². The SMILES string of the molecule is CC(C)C[C@H](NC(=O)[C@@H](CC(=O)c1cccc(-c2cccnc2)c1)[C@@H](C)O)B(O)O. The van der Waals surface area contributed by atoms with Crippen LogP contribution in [0.1, 0.15) is 44.0 Å². The summed E-state index contributed by atoms with van der Waals surface area (Å²) in [5, 5.41) is 31.7. The zero-order valence-electron chi connectivity index (χ0n) is 17.5. The van der Waals surface area contributed by atoms with Crippen molar-refractivity contribution in [1.29, 1.82) is 0 Å². The van der Waals surface area contributed by atoms with Crippen LogP contribution in [-0.4, -0.2) is 51.0 Å². The summed E-state index contributed by atoms with van der Waals surface area (Å²) in [6.07, 6.45) is 2.45. The Morgan fingerprint density at radius 3 is 2.37 bits per heavy atom. The van der Waals surface area contributed by atoms with Crippen LogP contribution in [0.15, 0.2) is 48.8 Å². The van der Waals surface area contributed by atoms with Gasteiger partial charge in [0, 0.05) is 29.9 Å². The van der Waals surface area contributed by atoms with Crippen LogP contribution >= 0.6 is 0 Å². The van der Waals surface area contributed by atoms with Crippen LogP contribution in [0.25, 0.3) is 11.1 Å². The highest BCUT2D eigenvalue weighted by Crippen LogP contribution is 2.22. The number of aliphatic hydroxyl groups is 1. The van der Waals surface area contributed by atoms with Crippen molar-refractivity contribution >= 4 is 18.8 Å². The molecule has 4 N–H and O–H groups in total. The maximum atomic E-state index is 12.8. The molecular weight excluding hydrogens is 383 g/mol. The molecule has 2 aromatic rings. The number of Topliss-reactive ketones (excluding diaryl/α,β-unsaturated/α-hetero) is 1. The lowest BCUT2D eigenvalue weighted by atomic mass is 9.74. The lowest BCUT2D eigenvalue weighted by molar-refractivity contribution is -0.128. The van der Waals surface area contributed by atoms with Crippen LogP contribution in [0.3, 0.4) is 0 Å². The highest BCUT2D eigenvalue weighted by atomic mass is 16.4. The predicted molar refractivity (Wildman–Crippen MR) is 115 cm³/mol. The number of aliphatic hydroxyl groups excluding tert-OH is 1. The topological polar surface area (TPSA) is 120 Å². The van der Waals surface area contributed by atoms with Crippen molar-refractivity contribution in [3.05, 3.63) is 54.4 Å². The van der Waals surface area contributed by atoms with E-state index in [4.69, 9.17) is 0 Å². The minimum atomic E-state index is -1.72. The van der Waals surface area contributed by atoms with Crippen LogP contribution in [-0.2, 0) is 4.79 Å². The minimum Gasteiger partial charge on any atom is -0.426 e. The van der Waals surface area contributed by atoms with Gasteiger partial charge in [-0.1, -0.05) is 38.1 Å². The zero-order valence-corrected chi connectivity index (χ0v) is 17.5. The van der Waals surface area contributed by atoms with Gasteiger partial charge < -0.3 is 20.5 Å². The van der Waals surface area contributed by atoms with Crippen molar-refractivity contribution in [2.75, 3.05) is 0 Å². The summed E-state index contributed by atoms with van der Waals surface area (Å²) in [5.41, 5.74) is 2.12. The van der Waals surface area contributed by atoms with Gasteiger partial charge in [0.05, 0.1) is 18.0 Å². The molecule has 3 atom stereocenters. The molecule has 0 saturated carbocycles. The molecule has 1 aromatic carbocycles. The number of nitrogens with one attached hydrogen (secondary N) is 1. The number of nitrogens with zero attached hydrogens (tertiary/aromatic N) is 1. The summed E-state index contributed by atoms with van der Waals surface area (Å²) in [7, 11) is -1.72. The van der Waals surface area contributed by atoms with Crippen molar-refractivity contribution in [2.24, 2.45) is 11.8 Å². The van der Waals surface area contributed by atoms with E-state index in [2.05, 4.69) is 10.3 Å². The number of ketones is 1. The molecule has 1 aromatic heterocycles. The molecule has 0 aliphatic heterocycles. The smallest absolute Gasteiger partial charge is 0.426 e. The first-order chi connectivity index (χ1) is 14.2. The largest absolute Gasteiger partial charge is 0.475 e. The fourth-order valence-electron chi connectivity index (χ4n) is 3.26. The van der Waals surface area contributed by atoms with Gasteiger partial charge in [0.2, 0.25) is 5.91 Å². The van der Waals surface area contributed by atoms with Gasteiger partial charge in [0.25, 0.3) is 0 Å². The molecule has 2 rings (SSSR count). The number of pyridine rings is 1. The van der Waals surface area contributed by atoms with Crippen LogP contribution in [0.5, 0.6) is 0 Å². The normalized spacial score (nSPS) is 14.1. The molecule has 7 nitrogen and oxygen atoms in total. The van der Waals surface area contributed by atoms with Gasteiger partial charge in [-0.15, -0.1) is 0 Å². The summed E-state index contributed by atoms with van der Waals surface area (Å²) in [5.74, 6) is -2.62. The van der Waals surface area contributed by atoms with Gasteiger partial charge in [-0.25, -0.2) is 0 Å². The summed E-state index contributed by atoms with van der Waals surface area (Å²) in [4.78, 5) is 29.6. The Hall–Kier alpha value is -2.55. The molecule has 0 saturated heterocycles. The van der Waals surface area contributed by atoms with E-state index < -0.39 is 31.0 Å². The monoisotopic (exact) mass is 412 g/mol. The second-order valence-electron chi connectivity index (χ2n) is 7.96. The molecule has 0 aliphatic rings. The molecule has 8 heteroatoms. The zero-order chi connectivity index (χ0) is 22.3. The van der Waals surface area contributed by atoms with E-state index in [1.54, 1.807) is 36.7 Å². The Morgan fingerprint density at radius 1 is 1.10 bits per heavy atom. The fourth-order valence-corrected chi connectivity index (χ4v) is 3.26. The number of carbonyl (C=O) groups is 2. The summed E-state index contributed by atoms with van der Waals surface area (Å²) in [6.45, 7) is 5.23. The minimum absolute atomic E-state index is 0.124. The van der Waals surface area contributed by atoms with Crippen molar-refractivity contribution < 1.29 is 24.7 Å². The molecule has 0 aliphatic carbocycles. The van der Waals surface area contributed by atoms with Crippen LogP contribution in [0.4, 0.5) is 0 Å². The number of amides is 1. The van der Waals surface area contributed by atoms with E-state index in [1.165, 1.54) is 6.92 Å². The van der Waals surface area contributed by atoms with Crippen LogP contribution < -0.4 is 5.32 Å². The maximum absolute atomic E-state index is 12.8. The number of rotatable bonds is 10. The lowest BCUT2D eigenvalue weighted by Crippen LogP contribution is -2.50. The summed E-state index contributed by atoms with van der Waals surface area (Å²) >= 11 is 0. The number of aromatic nitrogens is 1. The van der Waals surface area contributed by atoms with Gasteiger partial charge in [-0.2, -0.15) is 0 Å². The standard InChI is InChI=1S/C22H29BN2O5/c1-14(2)10-21(23(29)30)25-22(28)19(15(3)26)12-20(27)17-7-4-6-16(11-17)18-8-5-9-24-13-18/h4-9,11,13-15,19,21,26,29-30H,10,12H2,1-3H3,(H,25,28)/t15-,19+,21+/m1/s1. The first-order valence-electron chi connectivity index (χ1n) is 10.1. The van der Waals surface area contributed by atoms with Gasteiger partial charge in [-0.05, 0) is 37.0 Å². The van der Waals surface area contributed by atoms with Crippen molar-refractivity contribution in [3.63, 3.8) is 0 Å². The second kappa shape index (κ2) is 11.0. The summed E-state index contributed by atoms with van der Waals surface area (Å²) < 4.78 is 0. The average Bonchev–Trinajstić information content (AvgIpc) is 2.71. The third-order valence-corrected chi connectivity index (χ3v) is 4.92. The first kappa shape index (κ1) is 23.7. The molecule has 1 amide bonds. The molecule has 0 spiro atoms. The van der Waals surface area contributed by atoms with Gasteiger partial charge in [0.15, 0.2) is 5.78 Å². The Kier molecular flexibility index (Phi) is 8.71. The lowest BCUT2D eigenvalue weighted by Gasteiger charge is -2.24. The quantitative estimate of drug-likeness (QED) is 0.349. The summed E-state index contributed by atoms with van der Waals surface area (Å²) in [6, 6.07) is 10.7. The van der Waals surface area contributed by atoms with E-state index in [1.807, 2.05) is 26.0 Å². The molecule has 160 valence electrons. The van der Waals surface area contributed by atoms with Crippen molar-refractivity contribution in [2.45, 2.75) is 45.7 Å². The Bertz CT molecular complexity index is 842. The number of benzene rings is 1. The van der Waals surface area contributed by atoms with Gasteiger partial charge >= 0.3 is 7.12 Å². The second-order valence-corrected chi connectivity index (χ2v) is 7.96. The fraction of sp³-hybridized carbons (Fsp3) is 0.409. The van der Waals surface area contributed by atoms with E-state index >= 15 is 0 Å². The average molecular weight is 412 g/mol.